The number of furan rings is 1. The van der Waals surface area contributed by atoms with Crippen molar-refractivity contribution >= 4 is 68.4 Å². The zero-order valence-electron chi connectivity index (χ0n) is 45.4. The largest absolute Gasteiger partial charge is 0.468 e. The molecular formula is C67H75BN2O. The van der Waals surface area contributed by atoms with Gasteiger partial charge in [-0.05, 0) is 211 Å². The molecule has 7 aliphatic rings. The molecule has 71 heavy (non-hydrogen) atoms. The molecule has 0 spiro atoms. The zero-order valence-corrected chi connectivity index (χ0v) is 45.4. The van der Waals surface area contributed by atoms with Crippen LogP contribution in [0.2, 0.25) is 0 Å². The first-order valence-electron chi connectivity index (χ1n) is 27.3. The smallest absolute Gasteiger partial charge is 0.297 e. The lowest BCUT2D eigenvalue weighted by Crippen LogP contribution is -2.61. The van der Waals surface area contributed by atoms with Gasteiger partial charge in [-0.15, -0.1) is 0 Å². The van der Waals surface area contributed by atoms with E-state index in [-0.39, 0.29) is 44.6 Å². The number of nitrogens with zero attached hydrogens (tertiary/aromatic N) is 2. The molecule has 2 aliphatic heterocycles. The van der Waals surface area contributed by atoms with Crippen LogP contribution in [0.1, 0.15) is 186 Å². The van der Waals surface area contributed by atoms with Gasteiger partial charge in [0.25, 0.3) is 6.71 Å². The second kappa shape index (κ2) is 14.4. The van der Waals surface area contributed by atoms with Crippen molar-refractivity contribution in [2.45, 2.75) is 186 Å². The Labute approximate surface area is 425 Å². The van der Waals surface area contributed by atoms with E-state index in [1.165, 1.54) is 145 Å². The van der Waals surface area contributed by atoms with Gasteiger partial charge in [0.05, 0.1) is 11.3 Å². The molecule has 2 bridgehead atoms. The molecule has 1 aromatic heterocycles. The van der Waals surface area contributed by atoms with E-state index in [0.717, 1.165) is 17.7 Å². The summed E-state index contributed by atoms with van der Waals surface area (Å²) in [6.45, 7) is 34.1. The van der Waals surface area contributed by atoms with Gasteiger partial charge in [0.2, 0.25) is 0 Å². The van der Waals surface area contributed by atoms with Crippen LogP contribution in [0.4, 0.5) is 34.1 Å². The lowest BCUT2D eigenvalue weighted by Gasteiger charge is -2.52. The van der Waals surface area contributed by atoms with Crippen LogP contribution in [0.3, 0.4) is 0 Å². The predicted octanol–water partition coefficient (Wildman–Crippen LogP) is 16.6. The molecule has 0 N–H and O–H groups in total. The number of hydrogen-bond acceptors (Lipinski definition) is 3. The van der Waals surface area contributed by atoms with Crippen LogP contribution in [0.15, 0.2) is 108 Å². The lowest BCUT2D eigenvalue weighted by atomic mass is 9.35. The molecule has 7 aromatic rings. The first-order valence-corrected chi connectivity index (χ1v) is 27.3. The van der Waals surface area contributed by atoms with Crippen molar-refractivity contribution in [3.63, 3.8) is 0 Å². The highest BCUT2D eigenvalue weighted by Gasteiger charge is 2.52. The number of benzene rings is 6. The fraction of sp³-hybridized carbons (Fsp3) is 0.433. The van der Waals surface area contributed by atoms with Gasteiger partial charge in [-0.3, -0.25) is 0 Å². The van der Waals surface area contributed by atoms with Crippen molar-refractivity contribution in [2.75, 3.05) is 9.80 Å². The van der Waals surface area contributed by atoms with Gasteiger partial charge in [-0.25, -0.2) is 0 Å². The van der Waals surface area contributed by atoms with E-state index in [4.69, 9.17) is 4.42 Å². The van der Waals surface area contributed by atoms with Crippen LogP contribution in [0.25, 0.3) is 22.1 Å². The highest BCUT2D eigenvalue weighted by molar-refractivity contribution is 7.00. The standard InChI is InChI=1S/C67H75BN2O/c1-40-32-47-49(65(11,12)27-26-63(47,7)8)38-53(40)70-54-35-43(61(2,3)4)20-23-52(54)68-58-55(33-42(34-56(58)70)41-18-16-15-17-19-41)69(44-21-22-46-48(36-44)64(9,10)25-24-62(46,5)6)59-45-37-50-51(39-57(45)71-60(59)68)67(14)30-28-66(50,13)29-31-67/h15-23,32-39H,24-31H2,1-14H3. The van der Waals surface area contributed by atoms with Crippen molar-refractivity contribution in [1.82, 2.24) is 0 Å². The third-order valence-electron chi connectivity index (χ3n) is 20.0. The highest BCUT2D eigenvalue weighted by atomic mass is 16.3. The van der Waals surface area contributed by atoms with Crippen molar-refractivity contribution in [1.29, 1.82) is 0 Å². The SMILES string of the molecule is Cc1cc2c(cc1N1c3cc(C(C)(C)C)ccc3B3c4oc5cc6c(cc5c4N(c4ccc5c(c4)C(C)(C)CCC5(C)C)c4cc(-c5ccccc5)cc1c43)C1(C)CCC6(C)CC1)C(C)(C)CCC2(C)C. The normalized spacial score (nSPS) is 23.7. The summed E-state index contributed by atoms with van der Waals surface area (Å²) in [5.41, 5.74) is 26.9. The van der Waals surface area contributed by atoms with Gasteiger partial charge in [-0.2, -0.15) is 0 Å². The third-order valence-corrected chi connectivity index (χ3v) is 20.0. The zero-order chi connectivity index (χ0) is 49.7. The molecule has 4 heteroatoms. The number of aryl methyl sites for hydroxylation is 1. The fourth-order valence-corrected chi connectivity index (χ4v) is 14.9. The summed E-state index contributed by atoms with van der Waals surface area (Å²) in [5, 5.41) is 1.25. The van der Waals surface area contributed by atoms with Crippen molar-refractivity contribution in [2.24, 2.45) is 0 Å². The van der Waals surface area contributed by atoms with E-state index in [9.17, 15) is 0 Å². The number of anilines is 6. The minimum Gasteiger partial charge on any atom is -0.468 e. The van der Waals surface area contributed by atoms with Crippen LogP contribution in [-0.4, -0.2) is 6.71 Å². The Bertz CT molecular complexity index is 3420. The monoisotopic (exact) mass is 935 g/mol. The second-order valence-corrected chi connectivity index (χ2v) is 27.7. The van der Waals surface area contributed by atoms with Crippen LogP contribution in [-0.2, 0) is 37.9 Å². The van der Waals surface area contributed by atoms with Gasteiger partial charge in [0.1, 0.15) is 5.58 Å². The number of hydrogen-bond donors (Lipinski definition) is 0. The quantitative estimate of drug-likeness (QED) is 0.165. The molecule has 0 saturated heterocycles. The Morgan fingerprint density at radius 1 is 0.479 bits per heavy atom. The summed E-state index contributed by atoms with van der Waals surface area (Å²) in [6, 6.07) is 41.5. The number of fused-ring (bicyclic) bond motifs is 10. The van der Waals surface area contributed by atoms with Crippen LogP contribution < -0.4 is 26.4 Å². The second-order valence-electron chi connectivity index (χ2n) is 27.7. The summed E-state index contributed by atoms with van der Waals surface area (Å²) < 4.78 is 7.73. The molecule has 1 saturated carbocycles. The molecule has 362 valence electrons. The Kier molecular flexibility index (Phi) is 9.20. The van der Waals surface area contributed by atoms with Gasteiger partial charge < -0.3 is 14.2 Å². The average molecular weight is 935 g/mol. The van der Waals surface area contributed by atoms with Gasteiger partial charge in [-0.1, -0.05) is 145 Å². The maximum absolute atomic E-state index is 7.73. The van der Waals surface area contributed by atoms with E-state index in [1.54, 1.807) is 5.56 Å². The van der Waals surface area contributed by atoms with Gasteiger partial charge in [0, 0.05) is 33.8 Å². The van der Waals surface area contributed by atoms with E-state index in [1.807, 2.05) is 0 Å². The molecule has 0 radical (unpaired) electrons. The van der Waals surface area contributed by atoms with Crippen molar-refractivity contribution in [3.05, 3.63) is 148 Å². The minimum absolute atomic E-state index is 0.0426. The van der Waals surface area contributed by atoms with Crippen LogP contribution in [0.5, 0.6) is 0 Å². The molecule has 6 aromatic carbocycles. The first-order chi connectivity index (χ1) is 33.4. The molecule has 3 heterocycles. The Hall–Kier alpha value is -5.48. The van der Waals surface area contributed by atoms with E-state index >= 15 is 0 Å². The van der Waals surface area contributed by atoms with Crippen molar-refractivity contribution in [3.8, 4) is 11.1 Å². The van der Waals surface area contributed by atoms with Crippen LogP contribution in [0, 0.1) is 6.92 Å². The lowest BCUT2D eigenvalue weighted by molar-refractivity contribution is 0.188. The molecular weight excluding hydrogens is 860 g/mol. The van der Waals surface area contributed by atoms with Gasteiger partial charge in [0.15, 0.2) is 0 Å². The Morgan fingerprint density at radius 2 is 1.04 bits per heavy atom. The summed E-state index contributed by atoms with van der Waals surface area (Å²) in [6.07, 6.45) is 9.68. The minimum atomic E-state index is -0.120. The Balaban J connectivity index is 1.18. The maximum Gasteiger partial charge on any atom is 0.297 e. The molecule has 1 fully saturated rings. The Morgan fingerprint density at radius 3 is 1.66 bits per heavy atom. The molecule has 0 unspecified atom stereocenters. The molecule has 3 nitrogen and oxygen atoms in total. The summed E-state index contributed by atoms with van der Waals surface area (Å²) in [4.78, 5) is 5.37. The summed E-state index contributed by atoms with van der Waals surface area (Å²) in [7, 11) is 0. The molecule has 14 rings (SSSR count). The summed E-state index contributed by atoms with van der Waals surface area (Å²) in [5.74, 6) is 0. The highest BCUT2D eigenvalue weighted by Crippen LogP contribution is 2.59. The molecule has 0 amide bonds. The topological polar surface area (TPSA) is 19.6 Å². The maximum atomic E-state index is 7.73. The third kappa shape index (κ3) is 6.40. The fourth-order valence-electron chi connectivity index (χ4n) is 14.9. The predicted molar refractivity (Wildman–Crippen MR) is 303 cm³/mol. The summed E-state index contributed by atoms with van der Waals surface area (Å²) >= 11 is 0. The van der Waals surface area contributed by atoms with E-state index in [0.29, 0.717) is 0 Å². The number of rotatable bonds is 3. The van der Waals surface area contributed by atoms with Crippen LogP contribution >= 0.6 is 0 Å². The van der Waals surface area contributed by atoms with E-state index in [2.05, 4.69) is 210 Å². The molecule has 0 atom stereocenters. The molecule has 5 aliphatic carbocycles. The van der Waals surface area contributed by atoms with Crippen molar-refractivity contribution < 1.29 is 4.42 Å². The van der Waals surface area contributed by atoms with Gasteiger partial charge >= 0.3 is 0 Å². The average Bonchev–Trinajstić information content (AvgIpc) is 3.70. The van der Waals surface area contributed by atoms with E-state index < -0.39 is 0 Å². The first kappa shape index (κ1) is 45.4.